The number of aromatic carboxylic acids is 1. The van der Waals surface area contributed by atoms with Gasteiger partial charge in [-0.1, -0.05) is 0 Å². The summed E-state index contributed by atoms with van der Waals surface area (Å²) >= 11 is 0. The number of hydrogen-bond donors (Lipinski definition) is 2. The van der Waals surface area contributed by atoms with Gasteiger partial charge in [-0.25, -0.2) is 4.79 Å². The van der Waals surface area contributed by atoms with Crippen molar-refractivity contribution in [2.45, 2.75) is 19.9 Å². The molecule has 1 heterocycles. The fraction of sp³-hybridized carbons (Fsp3) is 0.364. The summed E-state index contributed by atoms with van der Waals surface area (Å²) in [5, 5.41) is 11.8. The zero-order valence-electron chi connectivity index (χ0n) is 8.54. The van der Waals surface area contributed by atoms with Crippen LogP contribution in [0.15, 0.2) is 16.7 Å². The summed E-state index contributed by atoms with van der Waals surface area (Å²) in [6, 6.07) is 1.65. The Labute approximate surface area is 88.3 Å². The minimum absolute atomic E-state index is 0.00377. The predicted octanol–water partition coefficient (Wildman–Crippen LogP) is 1.48. The fourth-order valence-corrected chi connectivity index (χ4v) is 1.16. The van der Waals surface area contributed by atoms with E-state index in [1.165, 1.54) is 6.26 Å². The molecule has 15 heavy (non-hydrogen) atoms. The molecule has 0 aliphatic carbocycles. The first-order valence-corrected chi connectivity index (χ1v) is 4.65. The number of carboxylic acid groups (broad SMARTS) is 1. The van der Waals surface area contributed by atoms with Gasteiger partial charge in [-0.15, -0.1) is 11.8 Å². The number of nitrogens with one attached hydrogen (secondary N) is 1. The van der Waals surface area contributed by atoms with Crippen molar-refractivity contribution >= 4 is 5.97 Å². The Bertz CT molecular complexity index is 384. The van der Waals surface area contributed by atoms with Gasteiger partial charge in [0.2, 0.25) is 5.76 Å². The number of carbonyl (C=O) groups is 1. The normalized spacial score (nSPS) is 9.40. The van der Waals surface area contributed by atoms with E-state index >= 15 is 0 Å². The van der Waals surface area contributed by atoms with Crippen molar-refractivity contribution in [2.24, 2.45) is 0 Å². The summed E-state index contributed by atoms with van der Waals surface area (Å²) < 4.78 is 4.84. The highest BCUT2D eigenvalue weighted by atomic mass is 16.4. The van der Waals surface area contributed by atoms with Crippen LogP contribution in [0.1, 0.15) is 29.5 Å². The Kier molecular flexibility index (Phi) is 4.45. The van der Waals surface area contributed by atoms with Gasteiger partial charge in [0.1, 0.15) is 0 Å². The monoisotopic (exact) mass is 207 g/mol. The zero-order chi connectivity index (χ0) is 11.1. The molecule has 0 radical (unpaired) electrons. The van der Waals surface area contributed by atoms with Crippen molar-refractivity contribution in [2.75, 3.05) is 6.54 Å². The molecule has 0 amide bonds. The van der Waals surface area contributed by atoms with Crippen LogP contribution >= 0.6 is 0 Å². The lowest BCUT2D eigenvalue weighted by Crippen LogP contribution is -2.15. The first-order valence-electron chi connectivity index (χ1n) is 4.65. The van der Waals surface area contributed by atoms with Crippen LogP contribution in [0.3, 0.4) is 0 Å². The summed E-state index contributed by atoms with van der Waals surface area (Å²) in [6.07, 6.45) is 2.14. The molecule has 0 aliphatic rings. The van der Waals surface area contributed by atoms with Gasteiger partial charge in [0.15, 0.2) is 0 Å². The molecule has 0 fully saturated rings. The molecule has 0 atom stereocenters. The largest absolute Gasteiger partial charge is 0.475 e. The first kappa shape index (κ1) is 11.3. The molecule has 0 spiro atoms. The zero-order valence-corrected chi connectivity index (χ0v) is 8.54. The highest BCUT2D eigenvalue weighted by Crippen LogP contribution is 2.09. The molecule has 80 valence electrons. The Hall–Kier alpha value is -1.73. The van der Waals surface area contributed by atoms with Gasteiger partial charge >= 0.3 is 5.97 Å². The van der Waals surface area contributed by atoms with Gasteiger partial charge in [0.25, 0.3) is 0 Å². The van der Waals surface area contributed by atoms with E-state index in [2.05, 4.69) is 17.2 Å². The number of furan rings is 1. The third-order valence-corrected chi connectivity index (χ3v) is 1.86. The Morgan fingerprint density at radius 2 is 2.47 bits per heavy atom. The Morgan fingerprint density at radius 1 is 1.67 bits per heavy atom. The van der Waals surface area contributed by atoms with Gasteiger partial charge in [-0.2, -0.15) is 0 Å². The Morgan fingerprint density at radius 3 is 3.13 bits per heavy atom. The minimum Gasteiger partial charge on any atom is -0.475 e. The molecule has 0 saturated heterocycles. The van der Waals surface area contributed by atoms with Crippen molar-refractivity contribution in [1.29, 1.82) is 0 Å². The Balaban J connectivity index is 2.39. The van der Waals surface area contributed by atoms with Gasteiger partial charge in [-0.3, -0.25) is 0 Å². The van der Waals surface area contributed by atoms with Gasteiger partial charge in [0.05, 0.1) is 6.26 Å². The lowest BCUT2D eigenvalue weighted by atomic mass is 10.2. The van der Waals surface area contributed by atoms with Gasteiger partial charge in [0, 0.05) is 25.1 Å². The maximum Gasteiger partial charge on any atom is 0.372 e. The molecule has 1 rings (SSSR count). The van der Waals surface area contributed by atoms with Crippen LogP contribution in [0, 0.1) is 11.8 Å². The molecule has 2 N–H and O–H groups in total. The van der Waals surface area contributed by atoms with Crippen LogP contribution in [0.5, 0.6) is 0 Å². The number of hydrogen-bond acceptors (Lipinski definition) is 3. The van der Waals surface area contributed by atoms with E-state index in [9.17, 15) is 4.79 Å². The third-order valence-electron chi connectivity index (χ3n) is 1.86. The standard InChI is InChI=1S/C11H13NO3/c1-2-3-4-6-12-8-9-5-7-15-10(9)11(13)14/h5,7,12H,4,6,8H2,1H3,(H,13,14). The minimum atomic E-state index is -1.04. The van der Waals surface area contributed by atoms with Crippen LogP contribution in [0.25, 0.3) is 0 Å². The highest BCUT2D eigenvalue weighted by molar-refractivity contribution is 5.86. The van der Waals surface area contributed by atoms with Crippen LogP contribution in [0.4, 0.5) is 0 Å². The summed E-state index contributed by atoms with van der Waals surface area (Å²) in [4.78, 5) is 10.7. The van der Waals surface area contributed by atoms with E-state index in [-0.39, 0.29) is 5.76 Å². The summed E-state index contributed by atoms with van der Waals surface area (Å²) in [6.45, 7) is 3.02. The lowest BCUT2D eigenvalue weighted by molar-refractivity contribution is 0.0660. The SMILES string of the molecule is CC#CCCNCc1ccoc1C(=O)O. The smallest absolute Gasteiger partial charge is 0.372 e. The van der Waals surface area contributed by atoms with Crippen molar-refractivity contribution in [3.8, 4) is 11.8 Å². The predicted molar refractivity (Wildman–Crippen MR) is 55.4 cm³/mol. The third kappa shape index (κ3) is 3.49. The van der Waals surface area contributed by atoms with E-state index in [1.54, 1.807) is 13.0 Å². The number of rotatable bonds is 5. The van der Waals surface area contributed by atoms with Crippen LogP contribution < -0.4 is 5.32 Å². The fourth-order valence-electron chi connectivity index (χ4n) is 1.16. The van der Waals surface area contributed by atoms with Crippen LogP contribution in [-0.4, -0.2) is 17.6 Å². The van der Waals surface area contributed by atoms with Gasteiger partial charge in [-0.05, 0) is 13.0 Å². The average molecular weight is 207 g/mol. The molecule has 0 unspecified atom stereocenters. The second kappa shape index (κ2) is 5.89. The quantitative estimate of drug-likeness (QED) is 0.567. The lowest BCUT2D eigenvalue weighted by Gasteiger charge is -2.00. The van der Waals surface area contributed by atoms with Crippen LogP contribution in [-0.2, 0) is 6.54 Å². The van der Waals surface area contributed by atoms with Crippen molar-refractivity contribution in [1.82, 2.24) is 5.32 Å². The number of carboxylic acids is 1. The second-order valence-corrected chi connectivity index (χ2v) is 2.93. The highest BCUT2D eigenvalue weighted by Gasteiger charge is 2.12. The summed E-state index contributed by atoms with van der Waals surface area (Å²) in [7, 11) is 0. The van der Waals surface area contributed by atoms with E-state index < -0.39 is 5.97 Å². The molecule has 1 aromatic heterocycles. The molecule has 1 aromatic rings. The molecule has 0 saturated carbocycles. The maximum atomic E-state index is 10.7. The molecule has 4 heteroatoms. The molecule has 0 bridgehead atoms. The van der Waals surface area contributed by atoms with E-state index in [4.69, 9.17) is 9.52 Å². The average Bonchev–Trinajstić information content (AvgIpc) is 2.66. The molecule has 0 aromatic carbocycles. The first-order chi connectivity index (χ1) is 7.25. The molecule has 4 nitrogen and oxygen atoms in total. The molecular weight excluding hydrogens is 194 g/mol. The van der Waals surface area contributed by atoms with E-state index in [0.29, 0.717) is 12.1 Å². The van der Waals surface area contributed by atoms with Gasteiger partial charge < -0.3 is 14.8 Å². The second-order valence-electron chi connectivity index (χ2n) is 2.93. The van der Waals surface area contributed by atoms with Crippen molar-refractivity contribution in [3.63, 3.8) is 0 Å². The topological polar surface area (TPSA) is 62.5 Å². The summed E-state index contributed by atoms with van der Waals surface area (Å²) in [5.41, 5.74) is 0.659. The summed E-state index contributed by atoms with van der Waals surface area (Å²) in [5.74, 6) is 4.67. The van der Waals surface area contributed by atoms with E-state index in [0.717, 1.165) is 13.0 Å². The van der Waals surface area contributed by atoms with E-state index in [1.807, 2.05) is 0 Å². The maximum absolute atomic E-state index is 10.7. The molecular formula is C11H13NO3. The van der Waals surface area contributed by atoms with Crippen molar-refractivity contribution in [3.05, 3.63) is 23.7 Å². The van der Waals surface area contributed by atoms with Crippen LogP contribution in [0.2, 0.25) is 0 Å². The molecule has 0 aliphatic heterocycles. The van der Waals surface area contributed by atoms with Crippen molar-refractivity contribution < 1.29 is 14.3 Å².